The molecule has 2 unspecified atom stereocenters. The molecule has 0 spiro atoms. The van der Waals surface area contributed by atoms with Crippen LogP contribution < -0.4 is 118 Å². The second kappa shape index (κ2) is 179. The minimum absolute atomic E-state index is 0.0592. The van der Waals surface area contributed by atoms with Crippen molar-refractivity contribution in [1.29, 1.82) is 0 Å². The zero-order valence-corrected chi connectivity index (χ0v) is 99.9. The van der Waals surface area contributed by atoms with Crippen LogP contribution in [0.1, 0.15) is 559 Å². The molecule has 1 heterocycles. The van der Waals surface area contributed by atoms with Crippen LogP contribution in [0.4, 0.5) is 0 Å². The summed E-state index contributed by atoms with van der Waals surface area (Å²) in [5.41, 5.74) is 59.3. The number of ketones is 2. The van der Waals surface area contributed by atoms with E-state index >= 15 is 0 Å². The maximum Gasteiger partial charge on any atom is 0.324 e. The number of Topliss-reactive ketones (excluding diaryl/α,β-unsaturated/α-hetero) is 2. The van der Waals surface area contributed by atoms with E-state index in [9.17, 15) is 28.8 Å². The maximum absolute atomic E-state index is 10.7. The molecule has 1 fully saturated rings. The van der Waals surface area contributed by atoms with Gasteiger partial charge >= 0.3 is 5.97 Å². The van der Waals surface area contributed by atoms with Crippen LogP contribution in [0.25, 0.3) is 0 Å². The molecule has 0 bridgehead atoms. The Morgan fingerprint density at radius 1 is 0.221 bits per heavy atom. The first-order valence-electron chi connectivity index (χ1n) is 61.0. The molecule has 0 aromatic heterocycles. The SMILES string of the molecule is CCC(=O)NN.CCCC(=O)CN.CCCCC(=O)NN.CCCCCC(=O)CN.CCCCCCC(=O)NN.CCCCCCCCCCCCCN.CCCCCCCCCCCN.CCCCCCCCCN.CCCCCCCCCNCCN.CCCCCCCNCCN.CCCCCNCCCCCCN.CCCCCNCCCCCN.CCCNCCCCCCN.CCN1CC1C(=O)OC. The van der Waals surface area contributed by atoms with Gasteiger partial charge in [0.2, 0.25) is 17.7 Å². The van der Waals surface area contributed by atoms with Crippen LogP contribution in [0.15, 0.2) is 0 Å². The van der Waals surface area contributed by atoms with E-state index in [1.807, 2.05) is 31.1 Å². The Morgan fingerprint density at radius 3 is 0.634 bits per heavy atom. The minimum atomic E-state index is -0.130. The number of hydrogen-bond donors (Lipinski definition) is 21. The number of esters is 1. The predicted octanol–water partition coefficient (Wildman–Crippen LogP) is 21.7. The number of amides is 3. The molecule has 2 atom stereocenters. The summed E-state index contributed by atoms with van der Waals surface area (Å²) < 4.78 is 4.53. The second-order valence-electron chi connectivity index (χ2n) is 38.2. The number of hydrazine groups is 3. The van der Waals surface area contributed by atoms with E-state index in [0.29, 0.717) is 32.1 Å². The molecule has 1 aliphatic heterocycles. The Hall–Kier alpha value is -3.54. The average Bonchev–Trinajstić information content (AvgIpc) is 1.68. The van der Waals surface area contributed by atoms with Gasteiger partial charge in [-0.05, 0) is 214 Å². The second-order valence-corrected chi connectivity index (χ2v) is 38.2. The Morgan fingerprint density at radius 2 is 0.428 bits per heavy atom. The van der Waals surface area contributed by atoms with E-state index in [1.54, 1.807) is 6.92 Å². The Kier molecular flexibility index (Phi) is 209. The molecule has 34 N–H and O–H groups in total. The van der Waals surface area contributed by atoms with Crippen molar-refractivity contribution < 1.29 is 33.5 Å². The van der Waals surface area contributed by atoms with Gasteiger partial charge in [0, 0.05) is 64.8 Å². The van der Waals surface area contributed by atoms with Crippen LogP contribution in [-0.2, 0) is 33.5 Å². The number of carbonyl (C=O) groups excluding carboxylic acids is 6. The van der Waals surface area contributed by atoms with Crippen molar-refractivity contribution in [2.75, 3.05) is 151 Å². The number of unbranched alkanes of at least 4 members (excludes halogenated alkanes) is 52. The monoisotopic (exact) mass is 2080 g/mol. The largest absolute Gasteiger partial charge is 0.468 e. The molecule has 29 heteroatoms. The predicted molar refractivity (Wildman–Crippen MR) is 641 cm³/mol. The summed E-state index contributed by atoms with van der Waals surface area (Å²) in [5.74, 6) is 14.4. The summed E-state index contributed by atoms with van der Waals surface area (Å²) in [6.45, 7) is 50.2. The molecule has 1 rings (SSSR count). The van der Waals surface area contributed by atoms with E-state index in [4.69, 9.17) is 69.0 Å². The van der Waals surface area contributed by atoms with Gasteiger partial charge in [-0.2, -0.15) is 0 Å². The van der Waals surface area contributed by atoms with Gasteiger partial charge in [-0.3, -0.25) is 49.9 Å². The zero-order valence-electron chi connectivity index (χ0n) is 99.9. The fraction of sp³-hybridized carbons (Fsp3) is 0.948. The molecule has 0 aromatic carbocycles. The first-order valence-corrected chi connectivity index (χ1v) is 61.0. The van der Waals surface area contributed by atoms with Crippen molar-refractivity contribution in [2.45, 2.75) is 565 Å². The number of hydrogen-bond acceptors (Lipinski definition) is 26. The standard InChI is InChI=1S/C13H29N.2C11H26N2.C11H25N.C10H24N2.2C9H22N2.C9H21N.C7H16N2O.C7H15NO.C6H11NO2.C5H12N2O.C5H11NO.C3H8N2O/c1-2-3-4-5-6-7-8-9-10-11-12-13-14;1-2-3-7-10-13-11-8-5-4-6-9-12;1-2-3-4-5-6-7-8-10-13-11-9-12;1-2-3-4-5-6-7-8-9-10-11-12;1-2-3-6-9-12-10-7-4-5-8-11;1-2-8-11-9-6-4-3-5-7-10;1-2-3-4-5-6-8-11-9-7-10;1-2-3-4-5-6-7-8-9-10;1-2-3-4-5-6-7(10)9-8;1-2-3-4-5-7(9)6-8;1-3-7-4-5(7)6(8)9-2;1-2-3-4-5(8)7-6;1-2-3-5(7)4-6;1-2-3(6)5-4/h2-14H2,1H3;2*13H,2-12H2,1H3;2-12H2,1H3;12H,2-11H2,1H3;2*11H,2-10H2,1H3;2-10H2,1H3;2-6,8H2,1H3,(H,9,10);2-6,8H2,1H3;5H,3-4H2,1-2H3;2-4,6H2,1H3,(H,7,8);2-4,6H2,1H3;2,4H2,1H3,(H,5,6). The van der Waals surface area contributed by atoms with Gasteiger partial charge in [-0.15, -0.1) is 0 Å². The van der Waals surface area contributed by atoms with Gasteiger partial charge in [0.15, 0.2) is 0 Å². The molecule has 1 saturated heterocycles. The van der Waals surface area contributed by atoms with Crippen LogP contribution in [-0.4, -0.2) is 197 Å². The number of nitrogens with zero attached hydrogens (tertiary/aromatic N) is 1. The highest BCUT2D eigenvalue weighted by molar-refractivity contribution is 5.80. The van der Waals surface area contributed by atoms with E-state index in [1.165, 1.54) is 419 Å². The number of nitrogens with two attached hydrogens (primary N) is 13. The zero-order chi connectivity index (χ0) is 111. The summed E-state index contributed by atoms with van der Waals surface area (Å²) in [6.07, 6.45) is 90.6. The lowest BCUT2D eigenvalue weighted by atomic mass is 10.1. The van der Waals surface area contributed by atoms with Gasteiger partial charge in [0.1, 0.15) is 17.6 Å². The lowest BCUT2D eigenvalue weighted by Gasteiger charge is -2.03. The van der Waals surface area contributed by atoms with Crippen LogP contribution in [0.5, 0.6) is 0 Å². The fourth-order valence-corrected chi connectivity index (χ4v) is 13.7. The molecule has 0 radical (unpaired) electrons. The molecule has 3 amide bonds. The van der Waals surface area contributed by atoms with Crippen LogP contribution in [0, 0.1) is 0 Å². The van der Waals surface area contributed by atoms with Crippen molar-refractivity contribution in [3.05, 3.63) is 0 Å². The summed E-state index contributed by atoms with van der Waals surface area (Å²) in [4.78, 5) is 64.4. The Bertz CT molecular complexity index is 2040. The summed E-state index contributed by atoms with van der Waals surface area (Å²) in [6, 6.07) is 0.0694. The van der Waals surface area contributed by atoms with Gasteiger partial charge in [-0.1, -0.05) is 412 Å². The highest BCUT2D eigenvalue weighted by Gasteiger charge is 2.39. The highest BCUT2D eigenvalue weighted by atomic mass is 16.5. The van der Waals surface area contributed by atoms with Crippen LogP contribution >= 0.6 is 0 Å². The number of carbonyl (C=O) groups is 6. The number of likely N-dealkylation sites (N-methyl/N-ethyl adjacent to an activating group) is 1. The first kappa shape index (κ1) is 169. The fourth-order valence-electron chi connectivity index (χ4n) is 13.7. The van der Waals surface area contributed by atoms with Gasteiger partial charge in [-0.25, -0.2) is 17.5 Å². The molecule has 29 nitrogen and oxygen atoms in total. The molecule has 884 valence electrons. The third-order valence-corrected chi connectivity index (χ3v) is 23.4. The lowest BCUT2D eigenvalue weighted by molar-refractivity contribution is -0.141. The van der Waals surface area contributed by atoms with E-state index in [-0.39, 0.29) is 54.4 Å². The first-order chi connectivity index (χ1) is 70.6. The average molecular weight is 2080 g/mol. The van der Waals surface area contributed by atoms with E-state index in [2.05, 4.69) is 117 Å². The number of nitrogens with one attached hydrogen (secondary N) is 8. The highest BCUT2D eigenvalue weighted by Crippen LogP contribution is 2.17. The molecule has 0 saturated carbocycles. The van der Waals surface area contributed by atoms with Crippen molar-refractivity contribution in [3.63, 3.8) is 0 Å². The molecule has 0 aromatic rings. The van der Waals surface area contributed by atoms with Crippen molar-refractivity contribution in [2.24, 2.45) is 74.9 Å². The molecule has 1 aliphatic rings. The normalized spacial score (nSPS) is 11.4. The number of methoxy groups -OCH3 is 1. The summed E-state index contributed by atoms with van der Waals surface area (Å²) in [5, 5.41) is 16.9. The topological polar surface area (TPSA) is 549 Å². The van der Waals surface area contributed by atoms with E-state index in [0.717, 1.165) is 150 Å². The van der Waals surface area contributed by atoms with Crippen LogP contribution in [0.2, 0.25) is 0 Å². The lowest BCUT2D eigenvalue weighted by Crippen LogP contribution is -2.29. The molecular weight excluding hydrogens is 1810 g/mol. The third kappa shape index (κ3) is 213. The number of rotatable bonds is 91. The summed E-state index contributed by atoms with van der Waals surface area (Å²) >= 11 is 0. The number of ether oxygens (including phenoxy) is 1. The molecular formula is C116H268N22O7. The van der Waals surface area contributed by atoms with Crippen molar-refractivity contribution in [1.82, 2.24) is 47.8 Å². The quantitative estimate of drug-likeness (QED) is 0.00671. The van der Waals surface area contributed by atoms with Gasteiger partial charge in [0.25, 0.3) is 0 Å². The van der Waals surface area contributed by atoms with Crippen molar-refractivity contribution >= 4 is 35.3 Å². The summed E-state index contributed by atoms with van der Waals surface area (Å²) in [7, 11) is 1.43. The maximum atomic E-state index is 10.7. The molecule has 0 aliphatic carbocycles. The van der Waals surface area contributed by atoms with Crippen LogP contribution in [0.3, 0.4) is 0 Å². The molecule has 145 heavy (non-hydrogen) atoms. The van der Waals surface area contributed by atoms with Crippen molar-refractivity contribution in [3.8, 4) is 0 Å². The third-order valence-electron chi connectivity index (χ3n) is 23.4. The van der Waals surface area contributed by atoms with Gasteiger partial charge < -0.3 is 88.7 Å². The van der Waals surface area contributed by atoms with E-state index < -0.39 is 0 Å². The Balaban J connectivity index is -0.000000118. The minimum Gasteiger partial charge on any atom is -0.468 e. The Labute approximate surface area is 902 Å². The van der Waals surface area contributed by atoms with Gasteiger partial charge in [0.05, 0.1) is 20.2 Å². The smallest absolute Gasteiger partial charge is 0.324 e.